The molecule has 0 radical (unpaired) electrons. The Morgan fingerprint density at radius 1 is 1.28 bits per heavy atom. The molecule has 4 atom stereocenters. The van der Waals surface area contributed by atoms with Crippen LogP contribution in [0.4, 0.5) is 0 Å². The smallest absolute Gasteiger partial charge is 0.0577 e. The number of aliphatic hydroxyl groups is 2. The second-order valence-corrected chi connectivity index (χ2v) is 6.76. The number of aliphatic hydroxyl groups excluding tert-OH is 2. The predicted octanol–water partition coefficient (Wildman–Crippen LogP) is 3.75. The van der Waals surface area contributed by atoms with Crippen molar-refractivity contribution in [2.45, 2.75) is 78.2 Å². The van der Waals surface area contributed by atoms with Gasteiger partial charge in [0.05, 0.1) is 6.10 Å². The molecule has 0 amide bonds. The highest BCUT2D eigenvalue weighted by Crippen LogP contribution is 2.44. The van der Waals surface area contributed by atoms with Gasteiger partial charge in [-0.05, 0) is 42.9 Å². The summed E-state index contributed by atoms with van der Waals surface area (Å²) in [6, 6.07) is 0. The van der Waals surface area contributed by atoms with Gasteiger partial charge in [0.1, 0.15) is 0 Å². The molecule has 2 N–H and O–H groups in total. The van der Waals surface area contributed by atoms with Crippen LogP contribution in [0.5, 0.6) is 0 Å². The van der Waals surface area contributed by atoms with Crippen LogP contribution in [0.15, 0.2) is 0 Å². The maximum atomic E-state index is 10.3. The quantitative estimate of drug-likeness (QED) is 0.681. The first kappa shape index (κ1) is 16.0. The van der Waals surface area contributed by atoms with Gasteiger partial charge >= 0.3 is 0 Å². The van der Waals surface area contributed by atoms with Gasteiger partial charge in [-0.25, -0.2) is 0 Å². The Hall–Kier alpha value is -0.0800. The first-order valence-corrected chi connectivity index (χ1v) is 7.81. The summed E-state index contributed by atoms with van der Waals surface area (Å²) < 4.78 is 0. The minimum atomic E-state index is -0.211. The topological polar surface area (TPSA) is 40.5 Å². The minimum Gasteiger partial charge on any atom is -0.396 e. The van der Waals surface area contributed by atoms with Crippen LogP contribution in [0.25, 0.3) is 0 Å². The van der Waals surface area contributed by atoms with Crippen LogP contribution < -0.4 is 0 Å². The number of hydrogen-bond acceptors (Lipinski definition) is 2. The molecule has 18 heavy (non-hydrogen) atoms. The lowest BCUT2D eigenvalue weighted by molar-refractivity contribution is -0.0267. The molecule has 2 heteroatoms. The van der Waals surface area contributed by atoms with Crippen molar-refractivity contribution in [2.24, 2.45) is 17.3 Å². The van der Waals surface area contributed by atoms with Crippen molar-refractivity contribution in [2.75, 3.05) is 6.61 Å². The van der Waals surface area contributed by atoms with Gasteiger partial charge in [-0.3, -0.25) is 0 Å². The second-order valence-electron chi connectivity index (χ2n) is 6.76. The van der Waals surface area contributed by atoms with Crippen LogP contribution in [0.2, 0.25) is 0 Å². The van der Waals surface area contributed by atoms with Crippen molar-refractivity contribution in [1.82, 2.24) is 0 Å². The summed E-state index contributed by atoms with van der Waals surface area (Å²) in [5.41, 5.74) is 0.332. The molecule has 0 aromatic carbocycles. The summed E-state index contributed by atoms with van der Waals surface area (Å²) in [4.78, 5) is 0. The van der Waals surface area contributed by atoms with E-state index in [1.807, 2.05) is 0 Å². The summed E-state index contributed by atoms with van der Waals surface area (Å²) in [5.74, 6) is 0.545. The second kappa shape index (κ2) is 7.49. The molecule has 0 spiro atoms. The summed E-state index contributed by atoms with van der Waals surface area (Å²) in [6.45, 7) is 6.84. The van der Waals surface area contributed by atoms with Crippen molar-refractivity contribution < 1.29 is 10.2 Å². The maximum absolute atomic E-state index is 10.3. The zero-order valence-corrected chi connectivity index (χ0v) is 12.5. The van der Waals surface area contributed by atoms with Gasteiger partial charge in [0.2, 0.25) is 0 Å². The van der Waals surface area contributed by atoms with E-state index in [1.165, 1.54) is 38.5 Å². The Kier molecular flexibility index (Phi) is 6.65. The van der Waals surface area contributed by atoms with Crippen LogP contribution in [-0.4, -0.2) is 22.9 Å². The minimum absolute atomic E-state index is 0.203. The number of unbranched alkanes of at least 4 members (excludes halogenated alkanes) is 3. The Morgan fingerprint density at radius 2 is 2.00 bits per heavy atom. The molecule has 2 nitrogen and oxygen atoms in total. The van der Waals surface area contributed by atoms with Crippen LogP contribution >= 0.6 is 0 Å². The summed E-state index contributed by atoms with van der Waals surface area (Å²) in [6.07, 6.45) is 9.52. The molecule has 1 fully saturated rings. The van der Waals surface area contributed by atoms with Crippen LogP contribution in [0.1, 0.15) is 72.1 Å². The van der Waals surface area contributed by atoms with Crippen LogP contribution in [0, 0.1) is 17.3 Å². The molecule has 1 saturated carbocycles. The Morgan fingerprint density at radius 3 is 2.56 bits per heavy atom. The van der Waals surface area contributed by atoms with Gasteiger partial charge in [-0.2, -0.15) is 0 Å². The zero-order valence-electron chi connectivity index (χ0n) is 12.5. The average molecular weight is 256 g/mol. The van der Waals surface area contributed by atoms with Crippen molar-refractivity contribution in [3.05, 3.63) is 0 Å². The largest absolute Gasteiger partial charge is 0.396 e. The highest BCUT2D eigenvalue weighted by atomic mass is 16.3. The van der Waals surface area contributed by atoms with Crippen molar-refractivity contribution in [3.8, 4) is 0 Å². The van der Waals surface area contributed by atoms with Crippen molar-refractivity contribution >= 4 is 0 Å². The lowest BCUT2D eigenvalue weighted by Gasteiger charge is -2.42. The molecule has 1 aliphatic rings. The van der Waals surface area contributed by atoms with E-state index in [0.29, 0.717) is 11.3 Å². The van der Waals surface area contributed by atoms with E-state index in [9.17, 15) is 10.2 Å². The molecular weight excluding hydrogens is 224 g/mol. The maximum Gasteiger partial charge on any atom is 0.0577 e. The molecule has 0 aromatic heterocycles. The predicted molar refractivity (Wildman–Crippen MR) is 76.5 cm³/mol. The van der Waals surface area contributed by atoms with E-state index in [-0.39, 0.29) is 18.6 Å². The van der Waals surface area contributed by atoms with Gasteiger partial charge in [0.25, 0.3) is 0 Å². The molecule has 0 heterocycles. The normalized spacial score (nSPS) is 34.5. The molecule has 0 aromatic rings. The Balaban J connectivity index is 2.38. The Bertz CT molecular complexity index is 229. The Labute approximate surface area is 113 Å². The van der Waals surface area contributed by atoms with Gasteiger partial charge in [-0.15, -0.1) is 0 Å². The number of hydrogen-bond donors (Lipinski definition) is 2. The third-order valence-corrected chi connectivity index (χ3v) is 4.93. The monoisotopic (exact) mass is 256 g/mol. The molecule has 0 saturated heterocycles. The fraction of sp³-hybridized carbons (Fsp3) is 1.00. The van der Waals surface area contributed by atoms with Gasteiger partial charge < -0.3 is 10.2 Å². The molecule has 4 unspecified atom stereocenters. The van der Waals surface area contributed by atoms with Gasteiger partial charge in [-0.1, -0.05) is 46.5 Å². The lowest BCUT2D eigenvalue weighted by Crippen LogP contribution is -2.39. The standard InChI is InChI=1S/C16H32O2/c1-4-5-6-7-9-16(3)10-8-14(13(2)12-17)15(18)11-16/h13-15,17-18H,4-12H2,1-3H3. The van der Waals surface area contributed by atoms with Crippen molar-refractivity contribution in [1.29, 1.82) is 0 Å². The highest BCUT2D eigenvalue weighted by molar-refractivity contribution is 4.89. The molecule has 1 rings (SSSR count). The van der Waals surface area contributed by atoms with Gasteiger partial charge in [0, 0.05) is 6.61 Å². The number of rotatable bonds is 7. The lowest BCUT2D eigenvalue weighted by atomic mass is 9.65. The summed E-state index contributed by atoms with van der Waals surface area (Å²) in [5, 5.41) is 19.5. The first-order chi connectivity index (χ1) is 8.52. The molecular formula is C16H32O2. The van der Waals surface area contributed by atoms with E-state index >= 15 is 0 Å². The first-order valence-electron chi connectivity index (χ1n) is 7.81. The fourth-order valence-corrected chi connectivity index (χ4v) is 3.47. The molecule has 1 aliphatic carbocycles. The van der Waals surface area contributed by atoms with E-state index < -0.39 is 0 Å². The third kappa shape index (κ3) is 4.55. The van der Waals surface area contributed by atoms with E-state index in [1.54, 1.807) is 0 Å². The zero-order chi connectivity index (χ0) is 13.6. The van der Waals surface area contributed by atoms with E-state index in [2.05, 4.69) is 20.8 Å². The van der Waals surface area contributed by atoms with E-state index in [0.717, 1.165) is 12.8 Å². The third-order valence-electron chi connectivity index (χ3n) is 4.93. The van der Waals surface area contributed by atoms with Crippen molar-refractivity contribution in [3.63, 3.8) is 0 Å². The SMILES string of the molecule is CCCCCCC1(C)CCC(C(C)CO)C(O)C1. The van der Waals surface area contributed by atoms with Gasteiger partial charge in [0.15, 0.2) is 0 Å². The summed E-state index contributed by atoms with van der Waals surface area (Å²) >= 11 is 0. The fourth-order valence-electron chi connectivity index (χ4n) is 3.47. The van der Waals surface area contributed by atoms with Crippen LogP contribution in [0.3, 0.4) is 0 Å². The molecule has 0 bridgehead atoms. The highest BCUT2D eigenvalue weighted by Gasteiger charge is 2.38. The van der Waals surface area contributed by atoms with E-state index in [4.69, 9.17) is 0 Å². The molecule has 0 aliphatic heterocycles. The van der Waals surface area contributed by atoms with Crippen LogP contribution in [-0.2, 0) is 0 Å². The summed E-state index contributed by atoms with van der Waals surface area (Å²) in [7, 11) is 0. The average Bonchev–Trinajstić information content (AvgIpc) is 2.34. The molecule has 108 valence electrons.